The van der Waals surface area contributed by atoms with E-state index in [2.05, 4.69) is 94.6 Å². The fourth-order valence-corrected chi connectivity index (χ4v) is 15.8. The molecular formula is C78H102BN8O8. The van der Waals surface area contributed by atoms with Gasteiger partial charge in [-0.3, -0.25) is 58.0 Å². The maximum atomic E-state index is 14.9. The second-order valence-corrected chi connectivity index (χ2v) is 27.6. The lowest BCUT2D eigenvalue weighted by atomic mass is 9.61. The molecule has 0 bridgehead atoms. The third-order valence-corrected chi connectivity index (χ3v) is 21.7. The van der Waals surface area contributed by atoms with E-state index in [1.807, 2.05) is 74.5 Å². The van der Waals surface area contributed by atoms with Crippen LogP contribution in [0.3, 0.4) is 0 Å². The molecule has 4 saturated heterocycles. The summed E-state index contributed by atoms with van der Waals surface area (Å²) in [7, 11) is 2.05. The average molecular weight is 1290 g/mol. The molecule has 8 amide bonds. The van der Waals surface area contributed by atoms with Gasteiger partial charge in [-0.2, -0.15) is 20.5 Å². The lowest BCUT2D eigenvalue weighted by molar-refractivity contribution is -0.157. The van der Waals surface area contributed by atoms with Gasteiger partial charge in [-0.1, -0.05) is 148 Å². The summed E-state index contributed by atoms with van der Waals surface area (Å²) in [4.78, 5) is 116. The Morgan fingerprint density at radius 1 is 0.463 bits per heavy atom. The number of allylic oxidation sites excluding steroid dienone is 1. The molecule has 0 N–H and O–H groups in total. The van der Waals surface area contributed by atoms with Crippen LogP contribution in [0.2, 0.25) is 0 Å². The van der Waals surface area contributed by atoms with Crippen LogP contribution in [0.1, 0.15) is 222 Å². The van der Waals surface area contributed by atoms with Gasteiger partial charge in [0.1, 0.15) is 0 Å². The zero-order chi connectivity index (χ0) is 68.6. The fourth-order valence-electron chi connectivity index (χ4n) is 15.8. The number of anilines is 1. The van der Waals surface area contributed by atoms with Crippen LogP contribution in [0.15, 0.2) is 142 Å². The smallest absolute Gasteiger partial charge is 0.234 e. The predicted molar refractivity (Wildman–Crippen MR) is 376 cm³/mol. The molecule has 1 radical (unpaired) electrons. The predicted octanol–water partition coefficient (Wildman–Crippen LogP) is 16.8. The monoisotopic (exact) mass is 1290 g/mol. The fraction of sp³-hybridized carbons (Fsp3) is 0.538. The molecule has 4 aliphatic heterocycles. The van der Waals surface area contributed by atoms with Crippen molar-refractivity contribution >= 4 is 93.9 Å². The van der Waals surface area contributed by atoms with E-state index in [0.29, 0.717) is 97.5 Å². The summed E-state index contributed by atoms with van der Waals surface area (Å²) < 4.78 is 0. The first-order valence-corrected chi connectivity index (χ1v) is 35.5. The van der Waals surface area contributed by atoms with E-state index < -0.39 is 11.0 Å². The van der Waals surface area contributed by atoms with Gasteiger partial charge in [0.25, 0.3) is 0 Å². The first kappa shape index (κ1) is 73.0. The van der Waals surface area contributed by atoms with E-state index in [4.69, 9.17) is 0 Å². The third kappa shape index (κ3) is 17.4. The highest BCUT2D eigenvalue weighted by Crippen LogP contribution is 2.50. The van der Waals surface area contributed by atoms with Crippen LogP contribution < -0.4 is 15.8 Å². The molecule has 0 spiro atoms. The van der Waals surface area contributed by atoms with Gasteiger partial charge in [-0.05, 0) is 185 Å². The molecule has 4 aromatic carbocycles. The number of piperidine rings is 2. The Labute approximate surface area is 565 Å². The van der Waals surface area contributed by atoms with Crippen LogP contribution in [-0.2, 0) is 43.8 Å². The third-order valence-electron chi connectivity index (χ3n) is 21.7. The SMILES string of the molecule is C=C(C)C(=C)N1C(=O)CC(CCCC2CC(=O)N(C(CC)(CC)C(C)(CC)c3ccc(N=Nc4ccc([B]c5ccc(N=Nc6ccc(N7C(=O)CC(CCC8CC(=O)N(C(CC)CC)C(=O)CC8CCCC)CC7=O)cc6)cc5)cc4)cc3)C(=O)CC2CCCC)CC1=O. The van der Waals surface area contributed by atoms with Gasteiger partial charge in [0, 0.05) is 68.5 Å². The van der Waals surface area contributed by atoms with Crippen molar-refractivity contribution in [2.24, 2.45) is 56.0 Å². The largest absolute Gasteiger partial charge is 0.280 e. The summed E-state index contributed by atoms with van der Waals surface area (Å²) in [6.07, 6.45) is 15.0. The highest BCUT2D eigenvalue weighted by Gasteiger charge is 2.55. The van der Waals surface area contributed by atoms with E-state index in [1.165, 1.54) is 14.7 Å². The van der Waals surface area contributed by atoms with Gasteiger partial charge in [0.2, 0.25) is 47.3 Å². The summed E-state index contributed by atoms with van der Waals surface area (Å²) in [5.41, 5.74) is 5.63. The van der Waals surface area contributed by atoms with Crippen molar-refractivity contribution in [3.8, 4) is 0 Å². The molecule has 17 heteroatoms. The molecule has 5 atom stereocenters. The number of unbranched alkanes of at least 4 members (excludes halogenated alkanes) is 2. The quantitative estimate of drug-likeness (QED) is 0.0205. The summed E-state index contributed by atoms with van der Waals surface area (Å²) in [5, 5.41) is 18.0. The van der Waals surface area contributed by atoms with Crippen LogP contribution in [0.5, 0.6) is 0 Å². The Hall–Kier alpha value is -7.82. The first-order chi connectivity index (χ1) is 45.6. The zero-order valence-corrected chi connectivity index (χ0v) is 58.1. The normalized spacial score (nSPS) is 20.6. The number of carbonyl (C=O) groups excluding carboxylic acids is 8. The number of likely N-dealkylation sites (tertiary alicyclic amines) is 3. The molecule has 0 aromatic heterocycles. The number of carbonyl (C=O) groups is 8. The minimum atomic E-state index is -0.786. The van der Waals surface area contributed by atoms with Crippen molar-refractivity contribution in [2.45, 2.75) is 233 Å². The summed E-state index contributed by atoms with van der Waals surface area (Å²) in [6.45, 7) is 26.4. The lowest BCUT2D eigenvalue weighted by Crippen LogP contribution is -2.64. The maximum absolute atomic E-state index is 14.9. The maximum Gasteiger partial charge on any atom is 0.234 e. The number of benzene rings is 4. The number of azo groups is 2. The minimum absolute atomic E-state index is 0.0183. The van der Waals surface area contributed by atoms with Gasteiger partial charge >= 0.3 is 0 Å². The molecular weight excluding hydrogens is 1190 g/mol. The van der Waals surface area contributed by atoms with E-state index in [0.717, 1.165) is 80.7 Å². The minimum Gasteiger partial charge on any atom is -0.280 e. The van der Waals surface area contributed by atoms with E-state index >= 15 is 0 Å². The molecule has 4 aromatic rings. The second-order valence-electron chi connectivity index (χ2n) is 27.6. The molecule has 16 nitrogen and oxygen atoms in total. The molecule has 4 aliphatic rings. The standard InChI is InChI=1S/C78H102BN8O8/c1-12-19-23-56-48-73(92)85(67(14-3)15-4)74(93)49-59(56)27-26-55-46-71(90)86(72(91)47-55)68-42-40-66(41-43-68)83-82-65-38-32-62(33-39-65)79-61-30-36-64(37-31-61)81-80-63-34-28-60(29-35-63)77(11,16-5)78(17-6,18-7)87-75(94)50-57(24-20-13-2)58(51-76(87)95)25-21-22-54-44-69(88)84(70(89)45-54)53(10)52(8)9/h28-43,54-59,67H,8,10,12-27,44-51H2,1-7,9,11H3. The summed E-state index contributed by atoms with van der Waals surface area (Å²) in [6, 6.07) is 30.4. The first-order valence-electron chi connectivity index (χ1n) is 35.5. The molecule has 4 fully saturated rings. The second kappa shape index (κ2) is 33.7. The van der Waals surface area contributed by atoms with Crippen LogP contribution in [0, 0.1) is 35.5 Å². The lowest BCUT2D eigenvalue weighted by Gasteiger charge is -2.54. The van der Waals surface area contributed by atoms with Crippen LogP contribution in [-0.4, -0.2) is 80.8 Å². The Morgan fingerprint density at radius 2 is 0.853 bits per heavy atom. The number of nitrogens with zero attached hydrogens (tertiary/aromatic N) is 8. The topological polar surface area (TPSA) is 199 Å². The van der Waals surface area contributed by atoms with Gasteiger partial charge < -0.3 is 0 Å². The Balaban J connectivity index is 0.826. The summed E-state index contributed by atoms with van der Waals surface area (Å²) in [5.74, 6) is -1.27. The van der Waals surface area contributed by atoms with E-state index in [-0.39, 0.29) is 121 Å². The van der Waals surface area contributed by atoms with Gasteiger partial charge in [-0.15, -0.1) is 0 Å². The van der Waals surface area contributed by atoms with Gasteiger partial charge in [0.15, 0.2) is 7.28 Å². The molecule has 505 valence electrons. The average Bonchev–Trinajstić information content (AvgIpc) is 1.63. The van der Waals surface area contributed by atoms with Crippen molar-refractivity contribution in [2.75, 3.05) is 4.90 Å². The number of imide groups is 4. The zero-order valence-electron chi connectivity index (χ0n) is 58.1. The van der Waals surface area contributed by atoms with Crippen molar-refractivity contribution < 1.29 is 38.4 Å². The molecule has 4 heterocycles. The molecule has 0 saturated carbocycles. The van der Waals surface area contributed by atoms with E-state index in [1.54, 1.807) is 36.1 Å². The van der Waals surface area contributed by atoms with Crippen LogP contribution in [0.4, 0.5) is 28.4 Å². The number of amides is 8. The molecule has 8 rings (SSSR count). The Bertz CT molecular complexity index is 3410. The van der Waals surface area contributed by atoms with Crippen LogP contribution in [0.25, 0.3) is 0 Å². The van der Waals surface area contributed by atoms with Crippen molar-refractivity contribution in [1.82, 2.24) is 14.7 Å². The van der Waals surface area contributed by atoms with Crippen molar-refractivity contribution in [3.05, 3.63) is 127 Å². The molecule has 5 unspecified atom stereocenters. The Morgan fingerprint density at radius 3 is 1.26 bits per heavy atom. The highest BCUT2D eigenvalue weighted by atomic mass is 16.2. The van der Waals surface area contributed by atoms with Gasteiger partial charge in [-0.25, -0.2) is 0 Å². The Kier molecular flexibility index (Phi) is 25.9. The number of rotatable bonds is 31. The molecule has 95 heavy (non-hydrogen) atoms. The van der Waals surface area contributed by atoms with Crippen molar-refractivity contribution in [3.63, 3.8) is 0 Å². The highest BCUT2D eigenvalue weighted by molar-refractivity contribution is 6.67. The van der Waals surface area contributed by atoms with Crippen molar-refractivity contribution in [1.29, 1.82) is 0 Å². The number of hydrogen-bond acceptors (Lipinski definition) is 12. The van der Waals surface area contributed by atoms with E-state index in [9.17, 15) is 38.4 Å². The summed E-state index contributed by atoms with van der Waals surface area (Å²) >= 11 is 0. The van der Waals surface area contributed by atoms with Crippen LogP contribution >= 0.6 is 0 Å². The molecule has 0 aliphatic carbocycles. The van der Waals surface area contributed by atoms with Gasteiger partial charge in [0.05, 0.1) is 34.0 Å². The number of hydrogen-bond donors (Lipinski definition) is 0.